The fraction of sp³-hybridized carbons (Fsp3) is 0.583. The molecule has 1 N–H and O–H groups in total. The second-order valence-electron chi connectivity index (χ2n) is 5.09. The van der Waals surface area contributed by atoms with Crippen molar-refractivity contribution < 1.29 is 0 Å². The number of aromatic nitrogens is 4. The molecule has 0 bridgehead atoms. The second-order valence-corrected chi connectivity index (χ2v) is 5.43. The van der Waals surface area contributed by atoms with E-state index in [9.17, 15) is 0 Å². The maximum absolute atomic E-state index is 5.97. The summed E-state index contributed by atoms with van der Waals surface area (Å²) in [5.74, 6) is 1.65. The molecule has 1 aliphatic rings. The van der Waals surface area contributed by atoms with Gasteiger partial charge in [-0.3, -0.25) is 0 Å². The molecule has 2 aromatic rings. The number of hydrogen-bond donors (Lipinski definition) is 1. The highest BCUT2D eigenvalue weighted by Gasteiger charge is 2.26. The summed E-state index contributed by atoms with van der Waals surface area (Å²) in [4.78, 5) is 18.1. The van der Waals surface area contributed by atoms with E-state index in [0.29, 0.717) is 11.7 Å². The van der Waals surface area contributed by atoms with E-state index in [0.717, 1.165) is 23.8 Å². The SMILES string of the molecule is CC1CCN(c2nc(Cl)nc3nc[nH]c23)C(C)C1. The third-order valence-corrected chi connectivity index (χ3v) is 3.82. The van der Waals surface area contributed by atoms with Gasteiger partial charge in [-0.25, -0.2) is 4.98 Å². The third-order valence-electron chi connectivity index (χ3n) is 3.65. The van der Waals surface area contributed by atoms with Gasteiger partial charge in [-0.2, -0.15) is 9.97 Å². The minimum absolute atomic E-state index is 0.260. The lowest BCUT2D eigenvalue weighted by Gasteiger charge is -2.37. The zero-order valence-electron chi connectivity index (χ0n) is 10.5. The zero-order chi connectivity index (χ0) is 12.7. The lowest BCUT2D eigenvalue weighted by molar-refractivity contribution is 0.376. The molecule has 0 saturated carbocycles. The fourth-order valence-corrected chi connectivity index (χ4v) is 2.88. The molecule has 0 radical (unpaired) electrons. The van der Waals surface area contributed by atoms with Crippen molar-refractivity contribution in [2.75, 3.05) is 11.4 Å². The Hall–Kier alpha value is -1.36. The van der Waals surface area contributed by atoms with Gasteiger partial charge in [0.25, 0.3) is 0 Å². The van der Waals surface area contributed by atoms with Crippen LogP contribution in [0.15, 0.2) is 6.33 Å². The summed E-state index contributed by atoms with van der Waals surface area (Å²) >= 11 is 5.97. The van der Waals surface area contributed by atoms with Gasteiger partial charge in [-0.15, -0.1) is 0 Å². The molecule has 1 saturated heterocycles. The van der Waals surface area contributed by atoms with E-state index in [1.807, 2.05) is 0 Å². The highest BCUT2D eigenvalue weighted by atomic mass is 35.5. The topological polar surface area (TPSA) is 57.7 Å². The highest BCUT2D eigenvalue weighted by Crippen LogP contribution is 2.30. The number of rotatable bonds is 1. The second kappa shape index (κ2) is 4.39. The van der Waals surface area contributed by atoms with Crippen LogP contribution in [0.25, 0.3) is 11.2 Å². The van der Waals surface area contributed by atoms with E-state index in [1.54, 1.807) is 6.33 Å². The van der Waals surface area contributed by atoms with Crippen LogP contribution < -0.4 is 4.90 Å². The Bertz CT molecular complexity index is 567. The maximum Gasteiger partial charge on any atom is 0.226 e. The van der Waals surface area contributed by atoms with Gasteiger partial charge < -0.3 is 9.88 Å². The van der Waals surface area contributed by atoms with Crippen LogP contribution in [0, 0.1) is 5.92 Å². The molecule has 0 spiro atoms. The van der Waals surface area contributed by atoms with Gasteiger partial charge >= 0.3 is 0 Å². The van der Waals surface area contributed by atoms with Crippen LogP contribution in [0.1, 0.15) is 26.7 Å². The summed E-state index contributed by atoms with van der Waals surface area (Å²) < 4.78 is 0. The number of nitrogens with zero attached hydrogens (tertiary/aromatic N) is 4. The number of halogens is 1. The molecule has 1 fully saturated rings. The first-order valence-electron chi connectivity index (χ1n) is 6.28. The molecule has 5 nitrogen and oxygen atoms in total. The van der Waals surface area contributed by atoms with Crippen molar-refractivity contribution in [3.8, 4) is 0 Å². The van der Waals surface area contributed by atoms with Crippen LogP contribution >= 0.6 is 11.6 Å². The van der Waals surface area contributed by atoms with E-state index in [2.05, 4.69) is 38.7 Å². The molecule has 0 aromatic carbocycles. The number of piperidine rings is 1. The minimum atomic E-state index is 0.260. The largest absolute Gasteiger partial charge is 0.352 e. The number of anilines is 1. The van der Waals surface area contributed by atoms with Crippen molar-refractivity contribution in [3.05, 3.63) is 11.6 Å². The maximum atomic E-state index is 5.97. The van der Waals surface area contributed by atoms with Crippen molar-refractivity contribution in [2.45, 2.75) is 32.7 Å². The number of H-pyrrole nitrogens is 1. The molecular weight excluding hydrogens is 250 g/mol. The Morgan fingerprint density at radius 3 is 3.00 bits per heavy atom. The quantitative estimate of drug-likeness (QED) is 0.806. The average Bonchev–Trinajstić information content (AvgIpc) is 2.76. The molecule has 2 atom stereocenters. The molecule has 96 valence electrons. The standard InChI is InChI=1S/C12H16ClN5/c1-7-3-4-18(8(2)5-7)11-9-10(15-6-14-9)16-12(13)17-11/h6-8H,3-5H2,1-2H3,(H,14,15,16,17). The Morgan fingerprint density at radius 2 is 2.22 bits per heavy atom. The fourth-order valence-electron chi connectivity index (χ4n) is 2.72. The van der Waals surface area contributed by atoms with Crippen molar-refractivity contribution in [1.82, 2.24) is 19.9 Å². The van der Waals surface area contributed by atoms with E-state index in [1.165, 1.54) is 12.8 Å². The van der Waals surface area contributed by atoms with Gasteiger partial charge in [-0.1, -0.05) is 6.92 Å². The number of imidazole rings is 1. The monoisotopic (exact) mass is 265 g/mol. The Kier molecular flexibility index (Phi) is 2.86. The van der Waals surface area contributed by atoms with E-state index < -0.39 is 0 Å². The molecule has 3 rings (SSSR count). The molecule has 3 heterocycles. The molecule has 18 heavy (non-hydrogen) atoms. The molecule has 6 heteroatoms. The molecule has 1 aliphatic heterocycles. The summed E-state index contributed by atoms with van der Waals surface area (Å²) in [7, 11) is 0. The molecule has 2 aromatic heterocycles. The Balaban J connectivity index is 2.05. The number of nitrogens with one attached hydrogen (secondary N) is 1. The van der Waals surface area contributed by atoms with Gasteiger partial charge in [0.2, 0.25) is 5.28 Å². The predicted molar refractivity (Wildman–Crippen MR) is 71.9 cm³/mol. The van der Waals surface area contributed by atoms with Crippen LogP contribution in [0.4, 0.5) is 5.82 Å². The molecular formula is C12H16ClN5. The normalized spacial score (nSPS) is 24.7. The highest BCUT2D eigenvalue weighted by molar-refractivity contribution is 6.28. The van der Waals surface area contributed by atoms with E-state index in [4.69, 9.17) is 11.6 Å². The zero-order valence-corrected chi connectivity index (χ0v) is 11.3. The van der Waals surface area contributed by atoms with Crippen LogP contribution in [0.3, 0.4) is 0 Å². The third kappa shape index (κ3) is 1.92. The predicted octanol–water partition coefficient (Wildman–Crippen LogP) is 2.63. The Labute approximate surface area is 111 Å². The minimum Gasteiger partial charge on any atom is -0.352 e. The van der Waals surface area contributed by atoms with Gasteiger partial charge in [0.15, 0.2) is 11.5 Å². The summed E-state index contributed by atoms with van der Waals surface area (Å²) in [5.41, 5.74) is 1.51. The van der Waals surface area contributed by atoms with E-state index in [-0.39, 0.29) is 5.28 Å². The summed E-state index contributed by atoms with van der Waals surface area (Å²) in [6, 6.07) is 0.464. The average molecular weight is 266 g/mol. The lowest BCUT2D eigenvalue weighted by Crippen LogP contribution is -2.40. The molecule has 0 aliphatic carbocycles. The van der Waals surface area contributed by atoms with E-state index >= 15 is 0 Å². The smallest absolute Gasteiger partial charge is 0.226 e. The van der Waals surface area contributed by atoms with Gasteiger partial charge in [0.1, 0.15) is 5.52 Å². The van der Waals surface area contributed by atoms with Crippen LogP contribution in [0.5, 0.6) is 0 Å². The summed E-state index contributed by atoms with van der Waals surface area (Å²) in [5, 5.41) is 0.260. The Morgan fingerprint density at radius 1 is 1.39 bits per heavy atom. The first-order chi connectivity index (χ1) is 8.65. The van der Waals surface area contributed by atoms with Crippen molar-refractivity contribution in [1.29, 1.82) is 0 Å². The number of aromatic amines is 1. The lowest BCUT2D eigenvalue weighted by atomic mass is 9.93. The van der Waals surface area contributed by atoms with Gasteiger partial charge in [0, 0.05) is 12.6 Å². The first-order valence-corrected chi connectivity index (χ1v) is 6.66. The first kappa shape index (κ1) is 11.7. The van der Waals surface area contributed by atoms with Crippen LogP contribution in [0.2, 0.25) is 5.28 Å². The van der Waals surface area contributed by atoms with Crippen molar-refractivity contribution in [3.63, 3.8) is 0 Å². The molecule has 2 unspecified atom stereocenters. The van der Waals surface area contributed by atoms with Crippen LogP contribution in [-0.2, 0) is 0 Å². The number of hydrogen-bond acceptors (Lipinski definition) is 4. The molecule has 0 amide bonds. The van der Waals surface area contributed by atoms with Gasteiger partial charge in [0.05, 0.1) is 6.33 Å². The van der Waals surface area contributed by atoms with Crippen LogP contribution in [-0.4, -0.2) is 32.5 Å². The summed E-state index contributed by atoms with van der Waals surface area (Å²) in [6.07, 6.45) is 4.00. The van der Waals surface area contributed by atoms with Crippen molar-refractivity contribution in [2.24, 2.45) is 5.92 Å². The summed E-state index contributed by atoms with van der Waals surface area (Å²) in [6.45, 7) is 5.53. The van der Waals surface area contributed by atoms with Gasteiger partial charge in [-0.05, 0) is 37.3 Å². The number of fused-ring (bicyclic) bond motifs is 1. The van der Waals surface area contributed by atoms with Crippen molar-refractivity contribution >= 4 is 28.6 Å².